The van der Waals surface area contributed by atoms with Crippen LogP contribution in [0.1, 0.15) is 42.4 Å². The number of aliphatic imine (C=N–C) groups is 1. The lowest BCUT2D eigenvalue weighted by molar-refractivity contribution is -0.137. The van der Waals surface area contributed by atoms with Crippen LogP contribution in [0.15, 0.2) is 59.3 Å². The van der Waals surface area contributed by atoms with Gasteiger partial charge in [0.1, 0.15) is 18.0 Å². The fourth-order valence-corrected chi connectivity index (χ4v) is 5.83. The van der Waals surface area contributed by atoms with Crippen molar-refractivity contribution in [3.05, 3.63) is 82.5 Å². The van der Waals surface area contributed by atoms with Gasteiger partial charge in [0.2, 0.25) is 11.7 Å². The number of aliphatic hydroxyl groups is 1. The van der Waals surface area contributed by atoms with E-state index in [9.17, 15) is 32.7 Å². The fourth-order valence-electron chi connectivity index (χ4n) is 5.83. The molecule has 0 unspecified atom stereocenters. The Balaban J connectivity index is 1.52. The second-order valence-corrected chi connectivity index (χ2v) is 11.4. The number of alkyl halides is 3. The first kappa shape index (κ1) is 33.9. The molecule has 0 radical (unpaired) electrons. The minimum Gasteiger partial charge on any atom is -0.506 e. The van der Waals surface area contributed by atoms with E-state index >= 15 is 0 Å². The molecule has 16 heteroatoms. The molecule has 4 heterocycles. The number of allylic oxidation sites excluding steroid dienone is 1. The highest BCUT2D eigenvalue weighted by atomic mass is 19.4. The number of aromatic nitrogens is 4. The first-order chi connectivity index (χ1) is 22.8. The zero-order chi connectivity index (χ0) is 34.7. The minimum absolute atomic E-state index is 0.141. The van der Waals surface area contributed by atoms with Crippen LogP contribution in [0.25, 0.3) is 11.4 Å². The molecule has 3 N–H and O–H groups in total. The number of hydrogen-bond acceptors (Lipinski definition) is 9. The van der Waals surface area contributed by atoms with E-state index in [2.05, 4.69) is 38.9 Å². The van der Waals surface area contributed by atoms with Crippen molar-refractivity contribution < 1.29 is 27.9 Å². The summed E-state index contributed by atoms with van der Waals surface area (Å²) >= 11 is 0. The summed E-state index contributed by atoms with van der Waals surface area (Å²) in [7, 11) is 0. The number of benzene rings is 1. The molecular formula is C32H36F3N9O4. The van der Waals surface area contributed by atoms with E-state index < -0.39 is 34.9 Å². The largest absolute Gasteiger partial charge is 0.506 e. The van der Waals surface area contributed by atoms with E-state index in [0.29, 0.717) is 24.4 Å². The van der Waals surface area contributed by atoms with E-state index in [4.69, 9.17) is 0 Å². The highest BCUT2D eigenvalue weighted by Crippen LogP contribution is 2.32. The average molecular weight is 668 g/mol. The van der Waals surface area contributed by atoms with Crippen LogP contribution in [0, 0.1) is 6.92 Å². The number of piperazine rings is 1. The molecule has 1 saturated heterocycles. The normalized spacial score (nSPS) is 15.6. The van der Waals surface area contributed by atoms with Gasteiger partial charge < -0.3 is 30.1 Å². The number of carbonyl (C=O) groups is 2. The quantitative estimate of drug-likeness (QED) is 0.232. The number of anilines is 2. The number of halogens is 3. The van der Waals surface area contributed by atoms with Crippen LogP contribution >= 0.6 is 0 Å². The molecule has 0 atom stereocenters. The number of aryl methyl sites for hydroxylation is 1. The van der Waals surface area contributed by atoms with E-state index in [1.54, 1.807) is 10.8 Å². The summed E-state index contributed by atoms with van der Waals surface area (Å²) in [5.41, 5.74) is 0.537. The molecule has 2 aromatic heterocycles. The van der Waals surface area contributed by atoms with Crippen molar-refractivity contribution in [3.63, 3.8) is 0 Å². The van der Waals surface area contributed by atoms with Gasteiger partial charge in [0.15, 0.2) is 11.5 Å². The SMILES string of the molecule is C=CN=C(C(=C)O)C(=O)N1CCN(c2c(CC)n(CC(=O)Nc3ccc(C(F)(F)F)cc3C)c3nc(C4=CNCCC4)nn3c2=O)CC1. The molecule has 0 aliphatic carbocycles. The van der Waals surface area contributed by atoms with E-state index in [-0.39, 0.29) is 61.2 Å². The third-order valence-electron chi connectivity index (χ3n) is 8.20. The van der Waals surface area contributed by atoms with Crippen molar-refractivity contribution in [1.29, 1.82) is 0 Å². The Hall–Kier alpha value is -5.41. The maximum atomic E-state index is 14.1. The molecular weight excluding hydrogens is 631 g/mol. The van der Waals surface area contributed by atoms with Crippen molar-refractivity contribution in [2.45, 2.75) is 45.8 Å². The van der Waals surface area contributed by atoms with Crippen LogP contribution in [0.3, 0.4) is 0 Å². The number of nitrogens with one attached hydrogen (secondary N) is 2. The number of hydrogen-bond donors (Lipinski definition) is 3. The molecule has 0 spiro atoms. The highest BCUT2D eigenvalue weighted by molar-refractivity contribution is 6.44. The Morgan fingerprint density at radius 1 is 1.21 bits per heavy atom. The van der Waals surface area contributed by atoms with Gasteiger partial charge in [-0.2, -0.15) is 22.7 Å². The molecule has 1 aromatic carbocycles. The summed E-state index contributed by atoms with van der Waals surface area (Å²) in [4.78, 5) is 52.4. The van der Waals surface area contributed by atoms with Gasteiger partial charge in [-0.15, -0.1) is 5.10 Å². The fraction of sp³-hybridized carbons (Fsp3) is 0.375. The van der Waals surface area contributed by atoms with Crippen molar-refractivity contribution in [2.24, 2.45) is 4.99 Å². The van der Waals surface area contributed by atoms with Gasteiger partial charge in [-0.05, 0) is 49.9 Å². The van der Waals surface area contributed by atoms with Crippen LogP contribution in [-0.2, 0) is 28.7 Å². The van der Waals surface area contributed by atoms with Crippen LogP contribution in [0.2, 0.25) is 0 Å². The Bertz CT molecular complexity index is 1900. The van der Waals surface area contributed by atoms with Gasteiger partial charge in [-0.3, -0.25) is 14.4 Å². The molecule has 254 valence electrons. The maximum absolute atomic E-state index is 14.1. The van der Waals surface area contributed by atoms with Crippen LogP contribution in [0.4, 0.5) is 24.5 Å². The molecule has 13 nitrogen and oxygen atoms in total. The standard InChI is InChI=1S/C32H36F3N9O4/c1-5-24-27(41-12-14-42(15-13-41)29(47)26(20(4)45)37-6-2)30(48)44-31(39-28(40-44)21-8-7-11-36-17-21)43(24)18-25(46)38-23-10-9-22(16-19(23)3)32(33,34)35/h6,9-10,16-17,36,45H,2,4-5,7-8,11-15,18H2,1,3H3,(H,38,46). The lowest BCUT2D eigenvalue weighted by Crippen LogP contribution is -2.52. The molecule has 0 bridgehead atoms. The number of aliphatic hydroxyl groups excluding tert-OH is 1. The highest BCUT2D eigenvalue weighted by Gasteiger charge is 2.32. The molecule has 0 saturated carbocycles. The lowest BCUT2D eigenvalue weighted by Gasteiger charge is -2.36. The summed E-state index contributed by atoms with van der Waals surface area (Å²) in [6.07, 6.45) is 0.265. The molecule has 48 heavy (non-hydrogen) atoms. The molecule has 1 fully saturated rings. The third kappa shape index (κ3) is 6.82. The molecule has 2 amide bonds. The predicted molar refractivity (Wildman–Crippen MR) is 175 cm³/mol. The summed E-state index contributed by atoms with van der Waals surface area (Å²) in [5, 5.41) is 20.3. The number of rotatable bonds is 9. The average Bonchev–Trinajstić information content (AvgIpc) is 3.51. The Kier molecular flexibility index (Phi) is 9.72. The smallest absolute Gasteiger partial charge is 0.416 e. The Morgan fingerprint density at radius 2 is 1.94 bits per heavy atom. The summed E-state index contributed by atoms with van der Waals surface area (Å²) in [6, 6.07) is 3.07. The number of carbonyl (C=O) groups excluding carboxylic acids is 2. The monoisotopic (exact) mass is 667 g/mol. The molecule has 5 rings (SSSR count). The van der Waals surface area contributed by atoms with Gasteiger partial charge in [0, 0.05) is 56.4 Å². The van der Waals surface area contributed by atoms with Gasteiger partial charge in [-0.1, -0.05) is 20.1 Å². The Morgan fingerprint density at radius 3 is 2.52 bits per heavy atom. The first-order valence-electron chi connectivity index (χ1n) is 15.4. The predicted octanol–water partition coefficient (Wildman–Crippen LogP) is 3.45. The van der Waals surface area contributed by atoms with Gasteiger partial charge in [-0.25, -0.2) is 4.99 Å². The van der Waals surface area contributed by atoms with Crippen molar-refractivity contribution in [3.8, 4) is 0 Å². The molecule has 3 aromatic rings. The zero-order valence-corrected chi connectivity index (χ0v) is 26.6. The van der Waals surface area contributed by atoms with Crippen LogP contribution in [0.5, 0.6) is 0 Å². The first-order valence-corrected chi connectivity index (χ1v) is 15.4. The summed E-state index contributed by atoms with van der Waals surface area (Å²) in [6.45, 7) is 11.5. The number of nitrogens with zero attached hydrogens (tertiary/aromatic N) is 7. The number of amides is 2. The second-order valence-electron chi connectivity index (χ2n) is 11.4. The topological polar surface area (TPSA) is 149 Å². The van der Waals surface area contributed by atoms with Gasteiger partial charge in [0.25, 0.3) is 11.5 Å². The number of fused-ring (bicyclic) bond motifs is 1. The van der Waals surface area contributed by atoms with Crippen molar-refractivity contribution in [2.75, 3.05) is 42.9 Å². The lowest BCUT2D eigenvalue weighted by atomic mass is 10.1. The van der Waals surface area contributed by atoms with E-state index in [1.165, 1.54) is 17.9 Å². The zero-order valence-electron chi connectivity index (χ0n) is 26.6. The third-order valence-corrected chi connectivity index (χ3v) is 8.20. The summed E-state index contributed by atoms with van der Waals surface area (Å²) in [5.74, 6) is -1.09. The summed E-state index contributed by atoms with van der Waals surface area (Å²) < 4.78 is 42.4. The van der Waals surface area contributed by atoms with Gasteiger partial charge >= 0.3 is 6.18 Å². The maximum Gasteiger partial charge on any atom is 0.416 e. The Labute approximate surface area is 273 Å². The minimum atomic E-state index is -4.52. The van der Waals surface area contributed by atoms with E-state index in [0.717, 1.165) is 41.4 Å². The van der Waals surface area contributed by atoms with Crippen LogP contribution < -0.4 is 21.1 Å². The van der Waals surface area contributed by atoms with Crippen LogP contribution in [-0.4, -0.2) is 79.4 Å². The molecule has 2 aliphatic heterocycles. The van der Waals surface area contributed by atoms with Gasteiger partial charge in [0.05, 0.1) is 11.3 Å². The van der Waals surface area contributed by atoms with Crippen molar-refractivity contribution >= 4 is 40.3 Å². The molecule has 2 aliphatic rings. The van der Waals surface area contributed by atoms with E-state index in [1.807, 2.05) is 11.8 Å². The van der Waals surface area contributed by atoms with Crippen molar-refractivity contribution in [1.82, 2.24) is 29.4 Å². The second kappa shape index (κ2) is 13.8.